The Morgan fingerprint density at radius 1 is 1.52 bits per heavy atom. The fourth-order valence-electron chi connectivity index (χ4n) is 2.23. The lowest BCUT2D eigenvalue weighted by Crippen LogP contribution is -2.41. The molecule has 1 atom stereocenters. The van der Waals surface area contributed by atoms with Crippen molar-refractivity contribution in [3.8, 4) is 5.75 Å². The molecular weight excluding hydrogens is 277 g/mol. The second-order valence-corrected chi connectivity index (χ2v) is 5.10. The molecule has 1 aromatic carbocycles. The zero-order valence-corrected chi connectivity index (χ0v) is 12.0. The summed E-state index contributed by atoms with van der Waals surface area (Å²) in [5.41, 5.74) is 0.454. The van der Waals surface area contributed by atoms with Crippen molar-refractivity contribution < 1.29 is 23.8 Å². The number of rotatable bonds is 5. The van der Waals surface area contributed by atoms with Crippen LogP contribution in [0.4, 0.5) is 4.39 Å². The zero-order valence-electron chi connectivity index (χ0n) is 12.0. The highest BCUT2D eigenvalue weighted by atomic mass is 19.1. The molecule has 0 saturated carbocycles. The van der Waals surface area contributed by atoms with Gasteiger partial charge in [-0.05, 0) is 31.9 Å². The largest absolute Gasteiger partial charge is 0.483 e. The summed E-state index contributed by atoms with van der Waals surface area (Å²) < 4.78 is 23.8. The predicted molar refractivity (Wildman–Crippen MR) is 74.5 cm³/mol. The van der Waals surface area contributed by atoms with Crippen LogP contribution in [0, 0.1) is 5.82 Å². The third kappa shape index (κ3) is 4.68. The Bertz CT molecular complexity index is 487. The van der Waals surface area contributed by atoms with Crippen molar-refractivity contribution in [1.29, 1.82) is 0 Å². The van der Waals surface area contributed by atoms with Crippen LogP contribution in [0.25, 0.3) is 0 Å². The van der Waals surface area contributed by atoms with Crippen LogP contribution >= 0.6 is 0 Å². The summed E-state index contributed by atoms with van der Waals surface area (Å²) in [4.78, 5) is 11.8. The van der Waals surface area contributed by atoms with Gasteiger partial charge in [-0.1, -0.05) is 0 Å². The molecule has 2 rings (SSSR count). The van der Waals surface area contributed by atoms with Crippen LogP contribution < -0.4 is 10.1 Å². The number of hydrogen-bond donors (Lipinski definition) is 2. The summed E-state index contributed by atoms with van der Waals surface area (Å²) in [7, 11) is 0. The third-order valence-corrected chi connectivity index (χ3v) is 3.37. The Morgan fingerprint density at radius 2 is 2.24 bits per heavy atom. The number of amides is 1. The van der Waals surface area contributed by atoms with Crippen LogP contribution in [0.1, 0.15) is 31.4 Å². The maximum atomic E-state index is 13.2. The fraction of sp³-hybridized carbons (Fsp3) is 0.533. The van der Waals surface area contributed by atoms with Crippen LogP contribution in [-0.2, 0) is 9.53 Å². The molecule has 1 heterocycles. The molecule has 1 aliphatic heterocycles. The van der Waals surface area contributed by atoms with Gasteiger partial charge in [-0.2, -0.15) is 0 Å². The molecular formula is C15H20FNO4. The van der Waals surface area contributed by atoms with Crippen molar-refractivity contribution in [2.75, 3.05) is 19.8 Å². The van der Waals surface area contributed by atoms with Crippen molar-refractivity contribution in [3.63, 3.8) is 0 Å². The van der Waals surface area contributed by atoms with Crippen molar-refractivity contribution in [2.24, 2.45) is 0 Å². The first kappa shape index (κ1) is 15.7. The molecule has 5 nitrogen and oxygen atoms in total. The maximum absolute atomic E-state index is 13.2. The Kier molecular flexibility index (Phi) is 5.52. The van der Waals surface area contributed by atoms with E-state index in [1.54, 1.807) is 6.92 Å². The van der Waals surface area contributed by atoms with Crippen molar-refractivity contribution in [3.05, 3.63) is 29.6 Å². The number of halogens is 1. The van der Waals surface area contributed by atoms with Gasteiger partial charge in [0.1, 0.15) is 11.6 Å². The molecule has 0 spiro atoms. The first-order chi connectivity index (χ1) is 10.1. The van der Waals surface area contributed by atoms with E-state index in [9.17, 15) is 14.3 Å². The topological polar surface area (TPSA) is 67.8 Å². The summed E-state index contributed by atoms with van der Waals surface area (Å²) in [6, 6.07) is 3.96. The van der Waals surface area contributed by atoms with Gasteiger partial charge in [-0.25, -0.2) is 4.39 Å². The highest BCUT2D eigenvalue weighted by molar-refractivity contribution is 5.77. The number of carbonyl (C=O) groups is 1. The summed E-state index contributed by atoms with van der Waals surface area (Å²) in [6.45, 7) is 2.63. The average Bonchev–Trinajstić information content (AvgIpc) is 2.46. The van der Waals surface area contributed by atoms with E-state index in [1.165, 1.54) is 18.2 Å². The minimum atomic E-state index is -0.792. The summed E-state index contributed by atoms with van der Waals surface area (Å²) in [6.07, 6.45) is 0.772. The number of ether oxygens (including phenoxy) is 2. The van der Waals surface area contributed by atoms with Crippen molar-refractivity contribution in [1.82, 2.24) is 5.32 Å². The number of benzene rings is 1. The SMILES string of the molecule is C[C@@H](O)c1ccc(F)cc1OCC(=O)NC1CCOCC1. The number of carbonyl (C=O) groups excluding carboxylic acids is 1. The zero-order chi connectivity index (χ0) is 15.2. The van der Waals surface area contributed by atoms with Gasteiger partial charge in [0.2, 0.25) is 0 Å². The predicted octanol–water partition coefficient (Wildman–Crippen LogP) is 1.55. The van der Waals surface area contributed by atoms with Gasteiger partial charge in [0.05, 0.1) is 6.10 Å². The second-order valence-electron chi connectivity index (χ2n) is 5.10. The van der Waals surface area contributed by atoms with Gasteiger partial charge in [0, 0.05) is 30.9 Å². The minimum absolute atomic E-state index is 0.0959. The van der Waals surface area contributed by atoms with E-state index in [2.05, 4.69) is 5.32 Å². The molecule has 1 fully saturated rings. The number of hydrogen-bond acceptors (Lipinski definition) is 4. The van der Waals surface area contributed by atoms with E-state index >= 15 is 0 Å². The van der Waals surface area contributed by atoms with Gasteiger partial charge >= 0.3 is 0 Å². The Labute approximate surface area is 123 Å². The van der Waals surface area contributed by atoms with E-state index in [0.29, 0.717) is 18.8 Å². The molecule has 0 radical (unpaired) electrons. The molecule has 1 saturated heterocycles. The van der Waals surface area contributed by atoms with Crippen LogP contribution in [0.5, 0.6) is 5.75 Å². The normalized spacial score (nSPS) is 17.3. The van der Waals surface area contributed by atoms with E-state index in [0.717, 1.165) is 12.8 Å². The molecule has 6 heteroatoms. The molecule has 0 aliphatic carbocycles. The van der Waals surface area contributed by atoms with Gasteiger partial charge in [-0.15, -0.1) is 0 Å². The van der Waals surface area contributed by atoms with Gasteiger partial charge in [0.15, 0.2) is 6.61 Å². The van der Waals surface area contributed by atoms with Crippen LogP contribution in [0.15, 0.2) is 18.2 Å². The van der Waals surface area contributed by atoms with E-state index in [-0.39, 0.29) is 24.3 Å². The lowest BCUT2D eigenvalue weighted by atomic mass is 10.1. The van der Waals surface area contributed by atoms with Crippen LogP contribution in [0.3, 0.4) is 0 Å². The standard InChI is InChI=1S/C15H20FNO4/c1-10(18)13-3-2-11(16)8-14(13)21-9-15(19)17-12-4-6-20-7-5-12/h2-3,8,10,12,18H,4-7,9H2,1H3,(H,17,19)/t10-/m1/s1. The van der Waals surface area contributed by atoms with Gasteiger partial charge in [0.25, 0.3) is 5.91 Å². The number of nitrogens with one attached hydrogen (secondary N) is 1. The highest BCUT2D eigenvalue weighted by Crippen LogP contribution is 2.25. The molecule has 116 valence electrons. The first-order valence-electron chi connectivity index (χ1n) is 7.03. The average molecular weight is 297 g/mol. The lowest BCUT2D eigenvalue weighted by molar-refractivity contribution is -0.124. The molecule has 1 aromatic rings. The minimum Gasteiger partial charge on any atom is -0.483 e. The second kappa shape index (κ2) is 7.38. The Hall–Kier alpha value is -1.66. The molecule has 1 aliphatic rings. The molecule has 21 heavy (non-hydrogen) atoms. The summed E-state index contributed by atoms with van der Waals surface area (Å²) in [5, 5.41) is 12.5. The molecule has 0 aromatic heterocycles. The van der Waals surface area contributed by atoms with Crippen LogP contribution in [-0.4, -0.2) is 36.9 Å². The molecule has 2 N–H and O–H groups in total. The van der Waals surface area contributed by atoms with Crippen LogP contribution in [0.2, 0.25) is 0 Å². The Balaban J connectivity index is 1.89. The fourth-order valence-corrected chi connectivity index (χ4v) is 2.23. The quantitative estimate of drug-likeness (QED) is 0.865. The smallest absolute Gasteiger partial charge is 0.258 e. The highest BCUT2D eigenvalue weighted by Gasteiger charge is 2.17. The molecule has 1 amide bonds. The Morgan fingerprint density at radius 3 is 2.90 bits per heavy atom. The van der Waals surface area contributed by atoms with Gasteiger partial charge in [-0.3, -0.25) is 4.79 Å². The molecule has 0 unspecified atom stereocenters. The van der Waals surface area contributed by atoms with Crippen molar-refractivity contribution >= 4 is 5.91 Å². The van der Waals surface area contributed by atoms with Gasteiger partial charge < -0.3 is 19.9 Å². The van der Waals surface area contributed by atoms with Crippen molar-refractivity contribution in [2.45, 2.75) is 31.9 Å². The monoisotopic (exact) mass is 297 g/mol. The maximum Gasteiger partial charge on any atom is 0.258 e. The third-order valence-electron chi connectivity index (χ3n) is 3.37. The molecule has 0 bridgehead atoms. The first-order valence-corrected chi connectivity index (χ1v) is 7.03. The van der Waals surface area contributed by atoms with E-state index in [4.69, 9.17) is 9.47 Å². The lowest BCUT2D eigenvalue weighted by Gasteiger charge is -2.23. The number of aliphatic hydroxyl groups excluding tert-OH is 1. The van der Waals surface area contributed by atoms with E-state index in [1.807, 2.05) is 0 Å². The number of aliphatic hydroxyl groups is 1. The summed E-state index contributed by atoms with van der Waals surface area (Å²) in [5.74, 6) is -0.547. The van der Waals surface area contributed by atoms with E-state index < -0.39 is 11.9 Å². The summed E-state index contributed by atoms with van der Waals surface area (Å²) >= 11 is 0.